The molecule has 1 fully saturated rings. The molecule has 3 N–H and O–H groups in total. The highest BCUT2D eigenvalue weighted by Gasteiger charge is 2.65. The molecule has 67 heavy (non-hydrogen) atoms. The first-order chi connectivity index (χ1) is 32.8. The van der Waals surface area contributed by atoms with Crippen molar-refractivity contribution in [2.75, 3.05) is 46.4 Å². The Hall–Kier alpha value is -4.79. The van der Waals surface area contributed by atoms with Gasteiger partial charge in [0.15, 0.2) is 11.5 Å². The molecule has 1 saturated carbocycles. The Morgan fingerprint density at radius 1 is 0.881 bits per heavy atom. The molecule has 6 rings (SSSR count). The summed E-state index contributed by atoms with van der Waals surface area (Å²) < 4.78 is 38.0. The van der Waals surface area contributed by atoms with E-state index >= 15 is 4.79 Å². The highest BCUT2D eigenvalue weighted by Crippen LogP contribution is 2.62. The second kappa shape index (κ2) is 26.7. The molecule has 0 saturated heterocycles. The van der Waals surface area contributed by atoms with Gasteiger partial charge in [-0.2, -0.15) is 0 Å². The SMILES string of the molecule is C=CCO[C@@]12Oc3ccc(OC(=O)NCC)cc3[C@H]3[C@H](CCCCO)[C@@H](CCCCO)C=C(C(=NOCC)C[C@@H]1N(Cc1ccc4c(c1)OCO4)C(=O)OCCCCCCCCCCCC)[C@H]32. The van der Waals surface area contributed by atoms with Crippen LogP contribution in [0.15, 0.2) is 65.9 Å². The van der Waals surface area contributed by atoms with Gasteiger partial charge in [0, 0.05) is 44.2 Å². The van der Waals surface area contributed by atoms with Gasteiger partial charge in [0.1, 0.15) is 24.1 Å². The lowest BCUT2D eigenvalue weighted by molar-refractivity contribution is -0.256. The van der Waals surface area contributed by atoms with Crippen LogP contribution in [0.2, 0.25) is 0 Å². The lowest BCUT2D eigenvalue weighted by atomic mass is 9.55. The van der Waals surface area contributed by atoms with Gasteiger partial charge in [0.25, 0.3) is 0 Å². The fourth-order valence-corrected chi connectivity index (χ4v) is 10.5. The van der Waals surface area contributed by atoms with Crippen molar-refractivity contribution >= 4 is 17.9 Å². The van der Waals surface area contributed by atoms with E-state index in [2.05, 4.69) is 24.9 Å². The van der Waals surface area contributed by atoms with Crippen LogP contribution < -0.4 is 24.3 Å². The van der Waals surface area contributed by atoms with Crippen molar-refractivity contribution in [1.82, 2.24) is 10.2 Å². The van der Waals surface area contributed by atoms with Gasteiger partial charge in [-0.1, -0.05) is 101 Å². The molecular formula is C53H77N3O11. The van der Waals surface area contributed by atoms with Crippen molar-refractivity contribution in [3.05, 3.63) is 71.8 Å². The largest absolute Gasteiger partial charge is 0.459 e. The molecule has 2 aliphatic heterocycles. The van der Waals surface area contributed by atoms with E-state index in [1.807, 2.05) is 44.2 Å². The number of aliphatic hydroxyl groups excluding tert-OH is 2. The zero-order valence-corrected chi connectivity index (χ0v) is 40.4. The van der Waals surface area contributed by atoms with Crippen molar-refractivity contribution in [2.24, 2.45) is 22.9 Å². The van der Waals surface area contributed by atoms with E-state index in [1.165, 1.54) is 44.9 Å². The van der Waals surface area contributed by atoms with Gasteiger partial charge >= 0.3 is 12.2 Å². The number of nitrogens with one attached hydrogen (secondary N) is 1. The Balaban J connectivity index is 1.45. The molecule has 0 radical (unpaired) electrons. The first-order valence-electron chi connectivity index (χ1n) is 25.3. The Morgan fingerprint density at radius 2 is 1.60 bits per heavy atom. The number of oxime groups is 1. The molecule has 14 nitrogen and oxygen atoms in total. The van der Waals surface area contributed by atoms with Crippen LogP contribution in [0.1, 0.15) is 147 Å². The summed E-state index contributed by atoms with van der Waals surface area (Å²) in [6, 6.07) is 10.3. The second-order valence-corrected chi connectivity index (χ2v) is 18.2. The fourth-order valence-electron chi connectivity index (χ4n) is 10.5. The van der Waals surface area contributed by atoms with Crippen LogP contribution in [-0.2, 0) is 20.9 Å². The summed E-state index contributed by atoms with van der Waals surface area (Å²) in [4.78, 5) is 35.5. The zero-order valence-electron chi connectivity index (χ0n) is 40.4. The Morgan fingerprint density at radius 3 is 2.31 bits per heavy atom. The molecule has 2 aromatic rings. The van der Waals surface area contributed by atoms with Crippen LogP contribution in [0, 0.1) is 17.8 Å². The zero-order chi connectivity index (χ0) is 47.4. The number of hydrogen-bond donors (Lipinski definition) is 3. The molecule has 2 aliphatic carbocycles. The van der Waals surface area contributed by atoms with Gasteiger partial charge in [0.05, 0.1) is 24.8 Å². The number of rotatable bonds is 29. The smallest absolute Gasteiger partial charge is 0.412 e. The number of amides is 2. The monoisotopic (exact) mass is 932 g/mol. The topological polar surface area (TPSA) is 167 Å². The molecule has 0 bridgehead atoms. The molecule has 0 unspecified atom stereocenters. The molecular weight excluding hydrogens is 855 g/mol. The third-order valence-corrected chi connectivity index (χ3v) is 13.6. The molecule has 14 heteroatoms. The van der Waals surface area contributed by atoms with E-state index in [0.29, 0.717) is 54.7 Å². The number of nitrogens with zero attached hydrogens (tertiary/aromatic N) is 2. The highest BCUT2D eigenvalue weighted by atomic mass is 16.7. The standard InChI is InChI=1S/C53H77N3O11/c1-5-9-10-11-12-13-14-15-16-21-31-61-52(60)56(36-38-24-26-46-47(32-38)63-37-62-46)48-35-44(55-65-8-4)42-33-39(22-17-19-28-57)41(23-18-20-29-58)49-43-34-40(66-51(59)54-7-3)25-27-45(43)67-53(48,50(42)49)64-30-6-2/h6,24-27,32-34,39,41,48-50,57-58H,2,5,7-23,28-31,35-37H2,1,3-4H3,(H,54,59)/t39-,41+,48-,49+,50+,53+/m0/s1. The molecule has 2 heterocycles. The van der Waals surface area contributed by atoms with Gasteiger partial charge in [-0.3, -0.25) is 4.90 Å². The lowest BCUT2D eigenvalue weighted by Crippen LogP contribution is -2.70. The van der Waals surface area contributed by atoms with E-state index < -0.39 is 29.9 Å². The van der Waals surface area contributed by atoms with E-state index in [0.717, 1.165) is 61.6 Å². The van der Waals surface area contributed by atoms with Crippen molar-refractivity contribution in [1.29, 1.82) is 0 Å². The number of carbonyl (C=O) groups excluding carboxylic acids is 2. The average Bonchev–Trinajstić information content (AvgIpc) is 3.80. The fraction of sp³-hybridized carbons (Fsp3) is 0.642. The Bertz CT molecular complexity index is 1960. The Kier molecular flexibility index (Phi) is 20.5. The number of carbonyl (C=O) groups is 2. The molecule has 2 aromatic carbocycles. The average molecular weight is 932 g/mol. The van der Waals surface area contributed by atoms with Crippen LogP contribution in [0.4, 0.5) is 9.59 Å². The summed E-state index contributed by atoms with van der Waals surface area (Å²) in [5.41, 5.74) is 3.24. The number of hydrogen-bond acceptors (Lipinski definition) is 12. The number of benzene rings is 2. The number of ether oxygens (including phenoxy) is 6. The third kappa shape index (κ3) is 13.3. The summed E-state index contributed by atoms with van der Waals surface area (Å²) in [5, 5.41) is 27.5. The third-order valence-electron chi connectivity index (χ3n) is 13.6. The van der Waals surface area contributed by atoms with Gasteiger partial charge in [-0.15, -0.1) is 6.58 Å². The van der Waals surface area contributed by atoms with Gasteiger partial charge in [-0.25, -0.2) is 9.59 Å². The first kappa shape index (κ1) is 51.6. The van der Waals surface area contributed by atoms with E-state index in [9.17, 15) is 15.0 Å². The lowest BCUT2D eigenvalue weighted by Gasteiger charge is -2.59. The summed E-state index contributed by atoms with van der Waals surface area (Å²) >= 11 is 0. The number of aliphatic hydroxyl groups is 2. The maximum atomic E-state index is 15.0. The van der Waals surface area contributed by atoms with Gasteiger partial charge in [0.2, 0.25) is 12.6 Å². The minimum Gasteiger partial charge on any atom is -0.459 e. The van der Waals surface area contributed by atoms with Crippen LogP contribution in [0.25, 0.3) is 0 Å². The summed E-state index contributed by atoms with van der Waals surface area (Å²) in [5.74, 6) is -0.158. The van der Waals surface area contributed by atoms with Crippen molar-refractivity contribution in [3.63, 3.8) is 0 Å². The number of unbranched alkanes of at least 4 members (excludes halogenated alkanes) is 11. The molecule has 6 atom stereocenters. The van der Waals surface area contributed by atoms with Crippen LogP contribution in [0.3, 0.4) is 0 Å². The summed E-state index contributed by atoms with van der Waals surface area (Å²) in [6.45, 7) is 11.5. The molecule has 0 spiro atoms. The van der Waals surface area contributed by atoms with Crippen LogP contribution in [0.5, 0.6) is 23.0 Å². The molecule has 2 amide bonds. The summed E-state index contributed by atoms with van der Waals surface area (Å²) in [7, 11) is 0. The Labute approximate surface area is 398 Å². The van der Waals surface area contributed by atoms with Gasteiger partial charge in [-0.05, 0) is 99.3 Å². The highest BCUT2D eigenvalue weighted by molar-refractivity contribution is 6.03. The predicted octanol–water partition coefficient (Wildman–Crippen LogP) is 10.7. The minimum atomic E-state index is -1.50. The van der Waals surface area contributed by atoms with Crippen molar-refractivity contribution in [3.8, 4) is 23.0 Å². The molecule has 4 aliphatic rings. The first-order valence-corrected chi connectivity index (χ1v) is 25.3. The second-order valence-electron chi connectivity index (χ2n) is 18.2. The quantitative estimate of drug-likeness (QED) is 0.0404. The van der Waals surface area contributed by atoms with E-state index in [1.54, 1.807) is 17.0 Å². The van der Waals surface area contributed by atoms with E-state index in [4.69, 9.17) is 38.4 Å². The van der Waals surface area contributed by atoms with E-state index in [-0.39, 0.29) is 63.9 Å². The summed E-state index contributed by atoms with van der Waals surface area (Å²) in [6.07, 6.45) is 19.2. The minimum absolute atomic E-state index is 0.00855. The number of fused-ring (bicyclic) bond motifs is 3. The van der Waals surface area contributed by atoms with Crippen molar-refractivity contribution in [2.45, 2.75) is 154 Å². The maximum Gasteiger partial charge on any atom is 0.412 e. The normalized spacial score (nSPS) is 22.8. The maximum absolute atomic E-state index is 15.0. The number of allylic oxidation sites excluding steroid dienone is 1. The molecule has 0 aromatic heterocycles. The predicted molar refractivity (Wildman–Crippen MR) is 258 cm³/mol. The van der Waals surface area contributed by atoms with Crippen LogP contribution >= 0.6 is 0 Å². The van der Waals surface area contributed by atoms with Gasteiger partial charge < -0.3 is 48.8 Å². The van der Waals surface area contributed by atoms with Crippen molar-refractivity contribution < 1.29 is 53.1 Å². The van der Waals surface area contributed by atoms with Crippen LogP contribution in [-0.4, -0.2) is 91.2 Å². The molecule has 370 valence electrons.